The van der Waals surface area contributed by atoms with E-state index >= 15 is 0 Å². The molecule has 0 saturated carbocycles. The Hall–Kier alpha value is -3.73. The topological polar surface area (TPSA) is 116 Å². The highest BCUT2D eigenvalue weighted by Gasteiger charge is 2.19. The van der Waals surface area contributed by atoms with Crippen LogP contribution in [0.25, 0.3) is 16.9 Å². The Kier molecular flexibility index (Phi) is 9.04. The van der Waals surface area contributed by atoms with Gasteiger partial charge in [-0.15, -0.1) is 5.10 Å². The summed E-state index contributed by atoms with van der Waals surface area (Å²) in [5.74, 6) is 1.44. The molecule has 0 radical (unpaired) electrons. The fourth-order valence-corrected chi connectivity index (χ4v) is 4.04. The first-order valence-corrected chi connectivity index (χ1v) is 12.4. The summed E-state index contributed by atoms with van der Waals surface area (Å²) in [5, 5.41) is 4.73. The van der Waals surface area contributed by atoms with Gasteiger partial charge in [-0.05, 0) is 45.0 Å². The summed E-state index contributed by atoms with van der Waals surface area (Å²) in [4.78, 5) is 49.7. The van der Waals surface area contributed by atoms with Gasteiger partial charge in [-0.3, -0.25) is 19.3 Å². The van der Waals surface area contributed by atoms with Crippen molar-refractivity contribution < 1.29 is 14.3 Å². The van der Waals surface area contributed by atoms with Crippen LogP contribution in [0.2, 0.25) is 0 Å². The van der Waals surface area contributed by atoms with E-state index < -0.39 is 0 Å². The number of hydrogen-bond acceptors (Lipinski definition) is 7. The molecule has 0 saturated heterocycles. The lowest BCUT2D eigenvalue weighted by Crippen LogP contribution is -2.41. The van der Waals surface area contributed by atoms with E-state index in [9.17, 15) is 14.4 Å². The first-order chi connectivity index (χ1) is 17.5. The molecule has 0 spiro atoms. The lowest BCUT2D eigenvalue weighted by atomic mass is 10.1. The van der Waals surface area contributed by atoms with Crippen LogP contribution in [0.5, 0.6) is 5.75 Å². The highest BCUT2D eigenvalue weighted by molar-refractivity contribution is 5.85. The summed E-state index contributed by atoms with van der Waals surface area (Å²) in [6, 6.07) is 5.69. The van der Waals surface area contributed by atoms with Crippen molar-refractivity contribution in [2.75, 3.05) is 47.9 Å². The number of likely N-dealkylation sites (N-methyl/N-ethyl adjacent to an activating group) is 3. The van der Waals surface area contributed by atoms with Gasteiger partial charge in [-0.2, -0.15) is 0 Å². The molecule has 2 aromatic heterocycles. The molecule has 0 aliphatic rings. The number of aryl methyl sites for hydroxylation is 2. The van der Waals surface area contributed by atoms with Crippen LogP contribution in [-0.4, -0.2) is 94.0 Å². The second-order valence-electron chi connectivity index (χ2n) is 9.40. The normalized spacial score (nSPS) is 11.2. The van der Waals surface area contributed by atoms with Crippen LogP contribution in [0.3, 0.4) is 0 Å². The van der Waals surface area contributed by atoms with Crippen molar-refractivity contribution in [1.82, 2.24) is 34.3 Å². The average molecular weight is 512 g/mol. The largest absolute Gasteiger partial charge is 0.493 e. The minimum Gasteiger partial charge on any atom is -0.493 e. The fourth-order valence-electron chi connectivity index (χ4n) is 4.04. The standard InChI is InChI=1S/C26H37N7O4/c1-8-10-21-27-17(3)24-26(36)28-25(29-33(21)24)19-13-18(11-12-20(19)37-9-2)14-31(6)15-23(35)32(7)16-22(34)30(4)5/h11-13H,8-10,14-16H2,1-7H3,(H,28,29,36). The Labute approximate surface area is 217 Å². The van der Waals surface area contributed by atoms with E-state index in [2.05, 4.69) is 16.9 Å². The first kappa shape index (κ1) is 27.9. The van der Waals surface area contributed by atoms with Crippen LogP contribution in [0, 0.1) is 6.92 Å². The summed E-state index contributed by atoms with van der Waals surface area (Å²) in [6.07, 6.45) is 1.59. The molecular formula is C26H37N7O4. The summed E-state index contributed by atoms with van der Waals surface area (Å²) in [5.41, 5.74) is 2.39. The molecule has 1 aromatic carbocycles. The zero-order valence-electron chi connectivity index (χ0n) is 22.8. The van der Waals surface area contributed by atoms with Gasteiger partial charge >= 0.3 is 0 Å². The van der Waals surface area contributed by atoms with Gasteiger partial charge in [0.1, 0.15) is 11.6 Å². The maximum Gasteiger partial charge on any atom is 0.277 e. The second-order valence-corrected chi connectivity index (χ2v) is 9.40. The molecule has 11 nitrogen and oxygen atoms in total. The van der Waals surface area contributed by atoms with Crippen LogP contribution in [0.4, 0.5) is 0 Å². The number of imidazole rings is 1. The zero-order chi connectivity index (χ0) is 27.3. The van der Waals surface area contributed by atoms with Gasteiger partial charge in [0.25, 0.3) is 5.56 Å². The van der Waals surface area contributed by atoms with Crippen molar-refractivity contribution in [3.63, 3.8) is 0 Å². The van der Waals surface area contributed by atoms with Crippen molar-refractivity contribution in [2.24, 2.45) is 0 Å². The van der Waals surface area contributed by atoms with Crippen molar-refractivity contribution in [2.45, 2.75) is 40.2 Å². The number of rotatable bonds is 11. The molecule has 0 fully saturated rings. The van der Waals surface area contributed by atoms with E-state index in [0.717, 1.165) is 17.8 Å². The number of fused-ring (bicyclic) bond motifs is 1. The maximum atomic E-state index is 13.0. The molecule has 0 aliphatic heterocycles. The molecule has 0 bridgehead atoms. The SMILES string of the molecule is CCCc1nc(C)c2c(=O)[nH]c(-c3cc(CN(C)CC(=O)N(C)CC(=O)N(C)C)ccc3OCC)nn12. The van der Waals surface area contributed by atoms with E-state index in [0.29, 0.717) is 47.9 Å². The molecule has 11 heteroatoms. The van der Waals surface area contributed by atoms with Crippen molar-refractivity contribution in [3.05, 3.63) is 45.6 Å². The lowest BCUT2D eigenvalue weighted by Gasteiger charge is -2.23. The summed E-state index contributed by atoms with van der Waals surface area (Å²) in [6.45, 7) is 6.86. The second kappa shape index (κ2) is 12.0. The van der Waals surface area contributed by atoms with Crippen LogP contribution in [0.15, 0.2) is 23.0 Å². The van der Waals surface area contributed by atoms with Gasteiger partial charge < -0.3 is 19.5 Å². The summed E-state index contributed by atoms with van der Waals surface area (Å²) < 4.78 is 7.47. The van der Waals surface area contributed by atoms with Crippen LogP contribution >= 0.6 is 0 Å². The third-order valence-corrected chi connectivity index (χ3v) is 5.97. The Balaban J connectivity index is 1.89. The number of hydrogen-bond donors (Lipinski definition) is 1. The van der Waals surface area contributed by atoms with E-state index in [4.69, 9.17) is 9.84 Å². The molecule has 0 atom stereocenters. The lowest BCUT2D eigenvalue weighted by molar-refractivity contribution is -0.138. The number of nitrogens with one attached hydrogen (secondary N) is 1. The zero-order valence-corrected chi connectivity index (χ0v) is 22.8. The molecule has 37 heavy (non-hydrogen) atoms. The highest BCUT2D eigenvalue weighted by Crippen LogP contribution is 2.29. The molecule has 200 valence electrons. The van der Waals surface area contributed by atoms with Gasteiger partial charge in [0.05, 0.1) is 31.0 Å². The summed E-state index contributed by atoms with van der Waals surface area (Å²) >= 11 is 0. The molecule has 3 aromatic rings. The number of aromatic amines is 1. The number of carbonyl (C=O) groups is 2. The smallest absolute Gasteiger partial charge is 0.277 e. The van der Waals surface area contributed by atoms with Crippen molar-refractivity contribution in [3.8, 4) is 17.1 Å². The van der Waals surface area contributed by atoms with Crippen LogP contribution < -0.4 is 10.3 Å². The number of aromatic nitrogens is 4. The van der Waals surface area contributed by atoms with Gasteiger partial charge in [-0.1, -0.05) is 13.0 Å². The number of H-pyrrole nitrogens is 1. The predicted octanol–water partition coefficient (Wildman–Crippen LogP) is 1.72. The van der Waals surface area contributed by atoms with E-state index in [1.54, 1.807) is 25.7 Å². The van der Waals surface area contributed by atoms with Crippen molar-refractivity contribution in [1.29, 1.82) is 0 Å². The molecular weight excluding hydrogens is 474 g/mol. The van der Waals surface area contributed by atoms with Crippen LogP contribution in [0.1, 0.15) is 37.4 Å². The Morgan fingerprint density at radius 3 is 2.46 bits per heavy atom. The van der Waals surface area contributed by atoms with Gasteiger partial charge in [0.15, 0.2) is 11.3 Å². The quantitative estimate of drug-likeness (QED) is 0.417. The number of nitrogens with zero attached hydrogens (tertiary/aromatic N) is 6. The molecule has 0 aliphatic carbocycles. The minimum atomic E-state index is -0.261. The minimum absolute atomic E-state index is 0.0299. The predicted molar refractivity (Wildman–Crippen MR) is 142 cm³/mol. The Morgan fingerprint density at radius 1 is 1.08 bits per heavy atom. The average Bonchev–Trinajstić information content (AvgIpc) is 3.15. The van der Waals surface area contributed by atoms with Crippen LogP contribution in [-0.2, 0) is 22.6 Å². The molecule has 1 N–H and O–H groups in total. The Bertz CT molecular complexity index is 1330. The number of benzene rings is 1. The van der Waals surface area contributed by atoms with Gasteiger partial charge in [0.2, 0.25) is 11.8 Å². The monoisotopic (exact) mass is 511 g/mol. The van der Waals surface area contributed by atoms with E-state index in [1.165, 1.54) is 9.80 Å². The number of carbonyl (C=O) groups excluding carboxylic acids is 2. The fraction of sp³-hybridized carbons (Fsp3) is 0.500. The molecule has 2 heterocycles. The van der Waals surface area contributed by atoms with Gasteiger partial charge in [-0.25, -0.2) is 9.50 Å². The molecule has 2 amide bonds. The van der Waals surface area contributed by atoms with Crippen molar-refractivity contribution >= 4 is 17.3 Å². The molecule has 0 unspecified atom stereocenters. The third kappa shape index (κ3) is 6.53. The maximum absolute atomic E-state index is 13.0. The van der Waals surface area contributed by atoms with E-state index in [1.807, 2.05) is 44.0 Å². The van der Waals surface area contributed by atoms with E-state index in [-0.39, 0.29) is 30.5 Å². The summed E-state index contributed by atoms with van der Waals surface area (Å²) in [7, 11) is 6.78. The first-order valence-electron chi connectivity index (χ1n) is 12.4. The number of amides is 2. The Morgan fingerprint density at radius 2 is 1.81 bits per heavy atom. The molecule has 3 rings (SSSR count). The number of ether oxygens (including phenoxy) is 1. The third-order valence-electron chi connectivity index (χ3n) is 5.97. The highest BCUT2D eigenvalue weighted by atomic mass is 16.5. The van der Waals surface area contributed by atoms with Gasteiger partial charge in [0, 0.05) is 34.1 Å².